The first-order valence-corrected chi connectivity index (χ1v) is 7.17. The van der Waals surface area contributed by atoms with Gasteiger partial charge in [0.25, 0.3) is 0 Å². The van der Waals surface area contributed by atoms with E-state index in [-0.39, 0.29) is 6.04 Å². The van der Waals surface area contributed by atoms with Crippen molar-refractivity contribution in [1.82, 2.24) is 9.78 Å². The zero-order valence-corrected chi connectivity index (χ0v) is 12.7. The van der Waals surface area contributed by atoms with E-state index in [1.165, 1.54) is 17.8 Å². The quantitative estimate of drug-likeness (QED) is 0.844. The van der Waals surface area contributed by atoms with Crippen LogP contribution in [-0.2, 0) is 19.4 Å². The van der Waals surface area contributed by atoms with Crippen LogP contribution >= 0.6 is 0 Å². The average Bonchev–Trinajstić information content (AvgIpc) is 2.68. The van der Waals surface area contributed by atoms with Crippen molar-refractivity contribution in [2.24, 2.45) is 11.1 Å². The lowest BCUT2D eigenvalue weighted by atomic mass is 9.88. The molecule has 0 saturated carbocycles. The molecule has 0 aliphatic heterocycles. The topological polar surface area (TPSA) is 43.8 Å². The third-order valence-electron chi connectivity index (χ3n) is 3.31. The second-order valence-electron chi connectivity index (χ2n) is 6.36. The Morgan fingerprint density at radius 1 is 1.33 bits per heavy atom. The Labute approximate surface area is 112 Å². The fourth-order valence-corrected chi connectivity index (χ4v) is 2.11. The van der Waals surface area contributed by atoms with Gasteiger partial charge in [-0.3, -0.25) is 4.68 Å². The van der Waals surface area contributed by atoms with Crippen molar-refractivity contribution in [3.63, 3.8) is 0 Å². The maximum absolute atomic E-state index is 6.25. The van der Waals surface area contributed by atoms with Gasteiger partial charge in [-0.05, 0) is 37.7 Å². The Balaban J connectivity index is 2.58. The van der Waals surface area contributed by atoms with E-state index in [1.54, 1.807) is 0 Å². The van der Waals surface area contributed by atoms with Gasteiger partial charge < -0.3 is 5.73 Å². The molecular weight excluding hydrogens is 222 g/mol. The molecule has 0 fully saturated rings. The SMILES string of the molecule is CCc1cc(CC(N)CCC(C)(C)C)n(CC)n1. The lowest BCUT2D eigenvalue weighted by Crippen LogP contribution is -2.26. The van der Waals surface area contributed by atoms with Gasteiger partial charge in [0.1, 0.15) is 0 Å². The Kier molecular flexibility index (Phi) is 5.39. The highest BCUT2D eigenvalue weighted by atomic mass is 15.3. The van der Waals surface area contributed by atoms with Crippen molar-refractivity contribution in [1.29, 1.82) is 0 Å². The number of aromatic nitrogens is 2. The number of hydrogen-bond donors (Lipinski definition) is 1. The first-order chi connectivity index (χ1) is 8.35. The van der Waals surface area contributed by atoms with E-state index >= 15 is 0 Å². The predicted octanol–water partition coefficient (Wildman–Crippen LogP) is 3.16. The lowest BCUT2D eigenvalue weighted by Gasteiger charge is -2.21. The fraction of sp³-hybridized carbons (Fsp3) is 0.800. The van der Waals surface area contributed by atoms with Crippen LogP contribution in [0.2, 0.25) is 0 Å². The molecule has 0 amide bonds. The molecule has 1 aromatic rings. The van der Waals surface area contributed by atoms with Crippen LogP contribution in [-0.4, -0.2) is 15.8 Å². The van der Waals surface area contributed by atoms with Crippen molar-refractivity contribution in [2.45, 2.75) is 72.9 Å². The molecule has 1 heterocycles. The van der Waals surface area contributed by atoms with Crippen LogP contribution in [0.15, 0.2) is 6.07 Å². The van der Waals surface area contributed by atoms with Crippen LogP contribution in [0.4, 0.5) is 0 Å². The summed E-state index contributed by atoms with van der Waals surface area (Å²) >= 11 is 0. The zero-order valence-electron chi connectivity index (χ0n) is 12.7. The van der Waals surface area contributed by atoms with Gasteiger partial charge in [-0.2, -0.15) is 5.10 Å². The summed E-state index contributed by atoms with van der Waals surface area (Å²) in [6.07, 6.45) is 4.20. The Hall–Kier alpha value is -0.830. The second-order valence-corrected chi connectivity index (χ2v) is 6.36. The first kappa shape index (κ1) is 15.2. The summed E-state index contributed by atoms with van der Waals surface area (Å²) in [5.41, 5.74) is 9.08. The molecule has 0 spiro atoms. The Morgan fingerprint density at radius 3 is 2.50 bits per heavy atom. The highest BCUT2D eigenvalue weighted by molar-refractivity contribution is 5.11. The molecule has 18 heavy (non-hydrogen) atoms. The third kappa shape index (κ3) is 4.81. The number of hydrogen-bond acceptors (Lipinski definition) is 2. The number of aryl methyl sites for hydroxylation is 2. The molecule has 0 radical (unpaired) electrons. The zero-order chi connectivity index (χ0) is 13.8. The second kappa shape index (κ2) is 6.37. The van der Waals surface area contributed by atoms with Gasteiger partial charge >= 0.3 is 0 Å². The maximum Gasteiger partial charge on any atom is 0.0624 e. The summed E-state index contributed by atoms with van der Waals surface area (Å²) < 4.78 is 2.09. The number of nitrogens with zero attached hydrogens (tertiary/aromatic N) is 2. The van der Waals surface area contributed by atoms with Crippen LogP contribution in [0, 0.1) is 5.41 Å². The normalized spacial score (nSPS) is 13.9. The molecule has 2 N–H and O–H groups in total. The summed E-state index contributed by atoms with van der Waals surface area (Å²) in [6, 6.07) is 2.46. The molecule has 0 aliphatic rings. The molecule has 1 unspecified atom stereocenters. The molecule has 0 saturated heterocycles. The molecule has 0 aliphatic carbocycles. The van der Waals surface area contributed by atoms with Crippen molar-refractivity contribution in [3.05, 3.63) is 17.5 Å². The molecule has 104 valence electrons. The molecule has 3 heteroatoms. The molecule has 1 atom stereocenters. The lowest BCUT2D eigenvalue weighted by molar-refractivity contribution is 0.346. The number of nitrogens with two attached hydrogens (primary N) is 1. The number of rotatable bonds is 6. The van der Waals surface area contributed by atoms with Crippen molar-refractivity contribution in [3.8, 4) is 0 Å². The summed E-state index contributed by atoms with van der Waals surface area (Å²) in [7, 11) is 0. The Bertz CT molecular complexity index is 360. The maximum atomic E-state index is 6.25. The first-order valence-electron chi connectivity index (χ1n) is 7.17. The van der Waals surface area contributed by atoms with Crippen LogP contribution in [0.25, 0.3) is 0 Å². The third-order valence-corrected chi connectivity index (χ3v) is 3.31. The van der Waals surface area contributed by atoms with E-state index in [4.69, 9.17) is 5.73 Å². The molecule has 1 rings (SSSR count). The van der Waals surface area contributed by atoms with E-state index in [2.05, 4.69) is 50.5 Å². The van der Waals surface area contributed by atoms with Crippen molar-refractivity contribution >= 4 is 0 Å². The van der Waals surface area contributed by atoms with E-state index in [0.29, 0.717) is 5.41 Å². The Morgan fingerprint density at radius 2 is 2.00 bits per heavy atom. The van der Waals surface area contributed by atoms with E-state index in [0.717, 1.165) is 25.8 Å². The van der Waals surface area contributed by atoms with E-state index < -0.39 is 0 Å². The van der Waals surface area contributed by atoms with Gasteiger partial charge in [0, 0.05) is 24.7 Å². The van der Waals surface area contributed by atoms with Gasteiger partial charge in [0.2, 0.25) is 0 Å². The molecule has 0 aromatic carbocycles. The smallest absolute Gasteiger partial charge is 0.0624 e. The minimum Gasteiger partial charge on any atom is -0.327 e. The largest absolute Gasteiger partial charge is 0.327 e. The van der Waals surface area contributed by atoms with Gasteiger partial charge in [0.15, 0.2) is 0 Å². The van der Waals surface area contributed by atoms with Gasteiger partial charge in [-0.15, -0.1) is 0 Å². The summed E-state index contributed by atoms with van der Waals surface area (Å²) in [5.74, 6) is 0. The van der Waals surface area contributed by atoms with E-state index in [1.807, 2.05) is 0 Å². The van der Waals surface area contributed by atoms with Crippen molar-refractivity contribution < 1.29 is 0 Å². The average molecular weight is 251 g/mol. The predicted molar refractivity (Wildman–Crippen MR) is 77.6 cm³/mol. The summed E-state index contributed by atoms with van der Waals surface area (Å²) in [5, 5.41) is 4.57. The fourth-order valence-electron chi connectivity index (χ4n) is 2.11. The monoisotopic (exact) mass is 251 g/mol. The molecular formula is C15H29N3. The molecule has 3 nitrogen and oxygen atoms in total. The highest BCUT2D eigenvalue weighted by Crippen LogP contribution is 2.22. The van der Waals surface area contributed by atoms with Crippen LogP contribution in [0.5, 0.6) is 0 Å². The molecule has 1 aromatic heterocycles. The van der Waals surface area contributed by atoms with Crippen LogP contribution < -0.4 is 5.73 Å². The summed E-state index contributed by atoms with van der Waals surface area (Å²) in [6.45, 7) is 12.0. The van der Waals surface area contributed by atoms with Gasteiger partial charge in [-0.25, -0.2) is 0 Å². The minimum atomic E-state index is 0.246. The van der Waals surface area contributed by atoms with Gasteiger partial charge in [-0.1, -0.05) is 27.7 Å². The van der Waals surface area contributed by atoms with Crippen molar-refractivity contribution in [2.75, 3.05) is 0 Å². The van der Waals surface area contributed by atoms with Crippen LogP contribution in [0.3, 0.4) is 0 Å². The standard InChI is InChI=1S/C15H29N3/c1-6-13-11-14(18(7-2)17-13)10-12(16)8-9-15(3,4)5/h11-12H,6-10,16H2,1-5H3. The van der Waals surface area contributed by atoms with Gasteiger partial charge in [0.05, 0.1) is 5.69 Å². The minimum absolute atomic E-state index is 0.246. The summed E-state index contributed by atoms with van der Waals surface area (Å²) in [4.78, 5) is 0. The van der Waals surface area contributed by atoms with E-state index in [9.17, 15) is 0 Å². The highest BCUT2D eigenvalue weighted by Gasteiger charge is 2.15. The van der Waals surface area contributed by atoms with Crippen LogP contribution in [0.1, 0.15) is 58.8 Å². The molecule has 0 bridgehead atoms.